The Morgan fingerprint density at radius 3 is 2.12 bits per heavy atom. The van der Waals surface area contributed by atoms with E-state index in [9.17, 15) is 9.59 Å². The summed E-state index contributed by atoms with van der Waals surface area (Å²) in [5.74, 6) is 3.55. The molecular formula is C17H15N3O4. The minimum Gasteiger partial charge on any atom is -0.478 e. The monoisotopic (exact) mass is 325 g/mol. The molecule has 0 fully saturated rings. The number of nitrogens with zero attached hydrogens (tertiary/aromatic N) is 2. The van der Waals surface area contributed by atoms with Gasteiger partial charge in [-0.1, -0.05) is 18.2 Å². The van der Waals surface area contributed by atoms with Crippen LogP contribution in [0.2, 0.25) is 0 Å². The van der Waals surface area contributed by atoms with Gasteiger partial charge in [0.25, 0.3) is 0 Å². The molecule has 0 radical (unpaired) electrons. The van der Waals surface area contributed by atoms with Crippen molar-refractivity contribution < 1.29 is 19.8 Å². The van der Waals surface area contributed by atoms with Crippen LogP contribution in [0.5, 0.6) is 0 Å². The highest BCUT2D eigenvalue weighted by atomic mass is 16.4. The van der Waals surface area contributed by atoms with Crippen LogP contribution in [-0.4, -0.2) is 31.8 Å². The summed E-state index contributed by atoms with van der Waals surface area (Å²) in [6.45, 7) is 0. The standard InChI is InChI=1S/C13H11N3.C4H4O4/c14-16-12-4-2-1-3-11(12)9-13(16)10-5-7-15-8-6-10;5-3(6)1-2-4(7)8/h1-9H,14H2;1-2H,(H,5,6)(H,7,8)/b;2-1-. The van der Waals surface area contributed by atoms with Gasteiger partial charge in [0, 0.05) is 35.5 Å². The molecule has 1 aromatic carbocycles. The van der Waals surface area contributed by atoms with E-state index in [4.69, 9.17) is 16.1 Å². The molecule has 0 atom stereocenters. The summed E-state index contributed by atoms with van der Waals surface area (Å²) in [6.07, 6.45) is 4.66. The first-order valence-electron chi connectivity index (χ1n) is 6.89. The molecule has 4 N–H and O–H groups in total. The van der Waals surface area contributed by atoms with Crippen molar-refractivity contribution in [1.29, 1.82) is 0 Å². The van der Waals surface area contributed by atoms with Gasteiger partial charge in [0.05, 0.1) is 11.2 Å². The molecule has 0 amide bonds. The van der Waals surface area contributed by atoms with E-state index in [2.05, 4.69) is 17.1 Å². The molecule has 0 saturated carbocycles. The number of fused-ring (bicyclic) bond motifs is 1. The fourth-order valence-corrected chi connectivity index (χ4v) is 2.06. The molecule has 0 aliphatic carbocycles. The molecular weight excluding hydrogens is 310 g/mol. The van der Waals surface area contributed by atoms with Gasteiger partial charge in [0.2, 0.25) is 0 Å². The van der Waals surface area contributed by atoms with Gasteiger partial charge in [-0.3, -0.25) is 9.66 Å². The van der Waals surface area contributed by atoms with Gasteiger partial charge in [-0.05, 0) is 24.3 Å². The lowest BCUT2D eigenvalue weighted by Crippen LogP contribution is -2.08. The molecule has 2 aromatic heterocycles. The minimum absolute atomic E-state index is 0.558. The van der Waals surface area contributed by atoms with E-state index >= 15 is 0 Å². The van der Waals surface area contributed by atoms with Crippen LogP contribution in [0, 0.1) is 0 Å². The van der Waals surface area contributed by atoms with Crippen LogP contribution < -0.4 is 5.84 Å². The quantitative estimate of drug-likeness (QED) is 0.501. The highest BCUT2D eigenvalue weighted by Gasteiger charge is 2.07. The second kappa shape index (κ2) is 7.59. The first-order valence-corrected chi connectivity index (χ1v) is 6.89. The maximum atomic E-state index is 9.55. The van der Waals surface area contributed by atoms with E-state index in [1.165, 1.54) is 0 Å². The Balaban J connectivity index is 0.000000224. The molecule has 7 heteroatoms. The van der Waals surface area contributed by atoms with Crippen LogP contribution in [0.3, 0.4) is 0 Å². The van der Waals surface area contributed by atoms with Gasteiger partial charge in [-0.2, -0.15) is 0 Å². The molecule has 0 unspecified atom stereocenters. The zero-order valence-electron chi connectivity index (χ0n) is 12.5. The molecule has 0 aliphatic rings. The lowest BCUT2D eigenvalue weighted by atomic mass is 10.2. The molecule has 0 saturated heterocycles. The zero-order chi connectivity index (χ0) is 17.5. The van der Waals surface area contributed by atoms with Gasteiger partial charge in [-0.15, -0.1) is 0 Å². The van der Waals surface area contributed by atoms with Gasteiger partial charge in [0.15, 0.2) is 0 Å². The number of hydrogen-bond acceptors (Lipinski definition) is 4. The van der Waals surface area contributed by atoms with Gasteiger partial charge in [-0.25, -0.2) is 9.59 Å². The number of rotatable bonds is 3. The lowest BCUT2D eigenvalue weighted by Gasteiger charge is -2.03. The van der Waals surface area contributed by atoms with E-state index < -0.39 is 11.9 Å². The number of nitrogen functional groups attached to an aromatic ring is 1. The number of carboxylic acid groups (broad SMARTS) is 2. The third kappa shape index (κ3) is 4.20. The van der Waals surface area contributed by atoms with Crippen molar-refractivity contribution in [3.8, 4) is 11.3 Å². The highest BCUT2D eigenvalue weighted by Crippen LogP contribution is 2.25. The Labute approximate surface area is 137 Å². The third-order valence-electron chi connectivity index (χ3n) is 3.09. The molecule has 0 spiro atoms. The Kier molecular flexibility index (Phi) is 5.30. The maximum Gasteiger partial charge on any atom is 0.328 e. The number of para-hydroxylation sites is 1. The average molecular weight is 325 g/mol. The number of carbonyl (C=O) groups is 2. The Hall–Kier alpha value is -3.61. The van der Waals surface area contributed by atoms with Crippen molar-refractivity contribution >= 4 is 22.8 Å². The summed E-state index contributed by atoms with van der Waals surface area (Å²) in [6, 6.07) is 14.1. The summed E-state index contributed by atoms with van der Waals surface area (Å²) >= 11 is 0. The predicted octanol–water partition coefficient (Wildman–Crippen LogP) is 2.13. The molecule has 122 valence electrons. The summed E-state index contributed by atoms with van der Waals surface area (Å²) < 4.78 is 1.71. The Morgan fingerprint density at radius 2 is 1.58 bits per heavy atom. The first kappa shape index (κ1) is 16.8. The fraction of sp³-hybridized carbons (Fsp3) is 0. The lowest BCUT2D eigenvalue weighted by molar-refractivity contribution is -0.134. The van der Waals surface area contributed by atoms with E-state index in [-0.39, 0.29) is 0 Å². The summed E-state index contributed by atoms with van der Waals surface area (Å²) in [4.78, 5) is 23.1. The first-order chi connectivity index (χ1) is 11.5. The fourth-order valence-electron chi connectivity index (χ4n) is 2.06. The molecule has 0 bridgehead atoms. The molecule has 3 aromatic rings. The van der Waals surface area contributed by atoms with Gasteiger partial charge in [0.1, 0.15) is 0 Å². The van der Waals surface area contributed by atoms with E-state index in [1.54, 1.807) is 17.1 Å². The maximum absolute atomic E-state index is 9.55. The number of carboxylic acids is 2. The minimum atomic E-state index is -1.26. The van der Waals surface area contributed by atoms with Crippen molar-refractivity contribution in [1.82, 2.24) is 9.66 Å². The highest BCUT2D eigenvalue weighted by molar-refractivity contribution is 5.89. The Bertz CT molecular complexity index is 869. The summed E-state index contributed by atoms with van der Waals surface area (Å²) in [7, 11) is 0. The number of nitrogens with two attached hydrogens (primary N) is 1. The number of benzene rings is 1. The number of aliphatic carboxylic acids is 2. The normalized spacial score (nSPS) is 10.3. The van der Waals surface area contributed by atoms with Crippen molar-refractivity contribution in [3.05, 3.63) is 67.0 Å². The van der Waals surface area contributed by atoms with Crippen molar-refractivity contribution in [2.45, 2.75) is 0 Å². The molecule has 24 heavy (non-hydrogen) atoms. The van der Waals surface area contributed by atoms with Crippen molar-refractivity contribution in [2.75, 3.05) is 5.84 Å². The van der Waals surface area contributed by atoms with Crippen molar-refractivity contribution in [3.63, 3.8) is 0 Å². The van der Waals surface area contributed by atoms with Gasteiger partial charge < -0.3 is 16.1 Å². The van der Waals surface area contributed by atoms with Crippen LogP contribution in [0.4, 0.5) is 0 Å². The second-order valence-electron chi connectivity index (χ2n) is 4.70. The predicted molar refractivity (Wildman–Crippen MR) is 89.7 cm³/mol. The van der Waals surface area contributed by atoms with E-state index in [1.807, 2.05) is 30.3 Å². The summed E-state index contributed by atoms with van der Waals surface area (Å²) in [5.41, 5.74) is 3.12. The SMILES string of the molecule is Nn1c(-c2ccncc2)cc2ccccc21.O=C(O)/C=C\C(=O)O. The Morgan fingerprint density at radius 1 is 1.00 bits per heavy atom. The third-order valence-corrected chi connectivity index (χ3v) is 3.09. The molecule has 2 heterocycles. The van der Waals surface area contributed by atoms with E-state index in [0.717, 1.165) is 22.2 Å². The number of aromatic nitrogens is 2. The van der Waals surface area contributed by atoms with Gasteiger partial charge >= 0.3 is 11.9 Å². The van der Waals surface area contributed by atoms with Crippen molar-refractivity contribution in [2.24, 2.45) is 0 Å². The topological polar surface area (TPSA) is 118 Å². The smallest absolute Gasteiger partial charge is 0.328 e. The largest absolute Gasteiger partial charge is 0.478 e. The number of pyridine rings is 1. The van der Waals surface area contributed by atoms with Crippen LogP contribution in [0.25, 0.3) is 22.2 Å². The van der Waals surface area contributed by atoms with Crippen LogP contribution in [0.1, 0.15) is 0 Å². The molecule has 0 aliphatic heterocycles. The van der Waals surface area contributed by atoms with E-state index in [0.29, 0.717) is 12.2 Å². The van der Waals surface area contributed by atoms with Crippen LogP contribution in [0.15, 0.2) is 67.0 Å². The van der Waals surface area contributed by atoms with Crippen LogP contribution in [-0.2, 0) is 9.59 Å². The number of hydrogen-bond donors (Lipinski definition) is 3. The zero-order valence-corrected chi connectivity index (χ0v) is 12.5. The second-order valence-corrected chi connectivity index (χ2v) is 4.70. The average Bonchev–Trinajstić information content (AvgIpc) is 2.92. The molecule has 7 nitrogen and oxygen atoms in total. The molecule has 3 rings (SSSR count). The summed E-state index contributed by atoms with van der Waals surface area (Å²) in [5, 5.41) is 16.8. The van der Waals surface area contributed by atoms with Crippen LogP contribution >= 0.6 is 0 Å².